The van der Waals surface area contributed by atoms with Crippen LogP contribution in [0.15, 0.2) is 36.0 Å². The lowest BCUT2D eigenvalue weighted by Crippen LogP contribution is -2.44. The first-order valence-electron chi connectivity index (χ1n) is 9.36. The van der Waals surface area contributed by atoms with Crippen LogP contribution in [0.2, 0.25) is 0 Å². The van der Waals surface area contributed by atoms with Gasteiger partial charge >= 0.3 is 5.97 Å². The quantitative estimate of drug-likeness (QED) is 0.690. The number of carbonyl (C=O) groups is 1. The van der Waals surface area contributed by atoms with Gasteiger partial charge in [0, 0.05) is 35.6 Å². The standard InChI is InChI=1S/C21H24N2O2/c1-23-11-13(12-25-21(24)14-4-2-5-14)8-17-16-6-3-7-18-20(16)15(10-22-18)9-19(17)23/h3,6-8,10,14,17,19,22H,2,4-5,9,11-12H2,1H3/t17-,19-/m1/s1. The van der Waals surface area contributed by atoms with Crippen LogP contribution < -0.4 is 0 Å². The molecule has 0 bridgehead atoms. The maximum Gasteiger partial charge on any atom is 0.309 e. The molecule has 4 heteroatoms. The van der Waals surface area contributed by atoms with Gasteiger partial charge in [0.1, 0.15) is 6.61 Å². The van der Waals surface area contributed by atoms with E-state index in [2.05, 4.69) is 47.4 Å². The van der Waals surface area contributed by atoms with Crippen molar-refractivity contribution in [2.24, 2.45) is 5.92 Å². The molecule has 5 rings (SSSR count). The van der Waals surface area contributed by atoms with E-state index >= 15 is 0 Å². The number of likely N-dealkylation sites (N-methyl/N-ethyl adjacent to an activating group) is 1. The van der Waals surface area contributed by atoms with Gasteiger partial charge in [0.25, 0.3) is 0 Å². The van der Waals surface area contributed by atoms with Gasteiger partial charge in [0.15, 0.2) is 0 Å². The number of benzene rings is 1. The van der Waals surface area contributed by atoms with Crippen LogP contribution in [-0.4, -0.2) is 42.1 Å². The topological polar surface area (TPSA) is 45.3 Å². The third kappa shape index (κ3) is 2.43. The summed E-state index contributed by atoms with van der Waals surface area (Å²) < 4.78 is 5.60. The van der Waals surface area contributed by atoms with Crippen molar-refractivity contribution in [3.8, 4) is 0 Å². The Labute approximate surface area is 147 Å². The van der Waals surface area contributed by atoms with Crippen molar-refractivity contribution in [3.05, 3.63) is 47.2 Å². The highest BCUT2D eigenvalue weighted by atomic mass is 16.5. The molecule has 2 atom stereocenters. The van der Waals surface area contributed by atoms with E-state index in [-0.39, 0.29) is 11.9 Å². The predicted molar refractivity (Wildman–Crippen MR) is 97.5 cm³/mol. The number of esters is 1. The molecule has 130 valence electrons. The summed E-state index contributed by atoms with van der Waals surface area (Å²) in [5.74, 6) is 0.527. The van der Waals surface area contributed by atoms with Crippen LogP contribution in [0, 0.1) is 5.92 Å². The van der Waals surface area contributed by atoms with E-state index in [0.717, 1.165) is 32.2 Å². The Hall–Kier alpha value is -2.07. The van der Waals surface area contributed by atoms with Crippen molar-refractivity contribution in [1.82, 2.24) is 9.88 Å². The number of nitrogens with one attached hydrogen (secondary N) is 1. The SMILES string of the molecule is CN1CC(COC(=O)C2CCC2)=C[C@@H]2c3cccc4[nH]cc(c34)C[C@H]21. The molecule has 0 amide bonds. The van der Waals surface area contributed by atoms with Crippen molar-refractivity contribution >= 4 is 16.9 Å². The number of fused-ring (bicyclic) bond motifs is 2. The lowest BCUT2D eigenvalue weighted by molar-refractivity contribution is -0.150. The van der Waals surface area contributed by atoms with Gasteiger partial charge in [-0.2, -0.15) is 0 Å². The molecule has 0 spiro atoms. The monoisotopic (exact) mass is 336 g/mol. The number of nitrogens with zero attached hydrogens (tertiary/aromatic N) is 1. The molecule has 1 N–H and O–H groups in total. The average molecular weight is 336 g/mol. The fourth-order valence-corrected chi connectivity index (χ4v) is 4.68. The molecule has 25 heavy (non-hydrogen) atoms. The van der Waals surface area contributed by atoms with Crippen LogP contribution in [-0.2, 0) is 16.0 Å². The summed E-state index contributed by atoms with van der Waals surface area (Å²) in [5, 5.41) is 1.39. The number of ether oxygens (including phenoxy) is 1. The van der Waals surface area contributed by atoms with Gasteiger partial charge in [-0.15, -0.1) is 0 Å². The Kier molecular flexibility index (Phi) is 3.49. The highest BCUT2D eigenvalue weighted by Gasteiger charge is 2.36. The van der Waals surface area contributed by atoms with Crippen molar-refractivity contribution in [2.45, 2.75) is 37.6 Å². The maximum absolute atomic E-state index is 12.0. The van der Waals surface area contributed by atoms with Gasteiger partial charge in [-0.1, -0.05) is 24.6 Å². The molecule has 1 saturated carbocycles. The van der Waals surface area contributed by atoms with E-state index in [1.54, 1.807) is 0 Å². The van der Waals surface area contributed by atoms with Crippen LogP contribution in [0.5, 0.6) is 0 Å². The third-order valence-corrected chi connectivity index (χ3v) is 6.29. The van der Waals surface area contributed by atoms with Crippen LogP contribution in [0.3, 0.4) is 0 Å². The molecule has 0 unspecified atom stereocenters. The van der Waals surface area contributed by atoms with Crippen molar-refractivity contribution in [2.75, 3.05) is 20.2 Å². The second kappa shape index (κ2) is 5.73. The summed E-state index contributed by atoms with van der Waals surface area (Å²) in [6, 6.07) is 7.03. The molecule has 2 aromatic rings. The van der Waals surface area contributed by atoms with Crippen molar-refractivity contribution in [1.29, 1.82) is 0 Å². The molecule has 2 aliphatic carbocycles. The zero-order valence-electron chi connectivity index (χ0n) is 14.6. The lowest BCUT2D eigenvalue weighted by Gasteiger charge is -2.41. The molecule has 3 aliphatic rings. The summed E-state index contributed by atoms with van der Waals surface area (Å²) in [6.45, 7) is 1.33. The second-order valence-corrected chi connectivity index (χ2v) is 7.86. The summed E-state index contributed by atoms with van der Waals surface area (Å²) in [6.07, 6.45) is 8.77. The number of aromatic amines is 1. The molecule has 1 aromatic carbocycles. The molecule has 0 radical (unpaired) electrons. The molecule has 2 heterocycles. The number of hydrogen-bond donors (Lipinski definition) is 1. The van der Waals surface area contributed by atoms with Gasteiger partial charge in [-0.25, -0.2) is 0 Å². The summed E-state index contributed by atoms with van der Waals surface area (Å²) >= 11 is 0. The Morgan fingerprint density at radius 1 is 1.36 bits per heavy atom. The first kappa shape index (κ1) is 15.2. The normalized spacial score (nSPS) is 26.0. The molecular weight excluding hydrogens is 312 g/mol. The molecule has 0 saturated heterocycles. The summed E-state index contributed by atoms with van der Waals surface area (Å²) in [7, 11) is 2.19. The highest BCUT2D eigenvalue weighted by molar-refractivity contribution is 5.88. The molecule has 1 aliphatic heterocycles. The largest absolute Gasteiger partial charge is 0.461 e. The first-order chi connectivity index (χ1) is 12.2. The number of rotatable bonds is 3. The minimum Gasteiger partial charge on any atom is -0.461 e. The third-order valence-electron chi connectivity index (χ3n) is 6.29. The molecular formula is C21H24N2O2. The Bertz CT molecular complexity index is 862. The van der Waals surface area contributed by atoms with Gasteiger partial charge in [-0.05, 0) is 49.1 Å². The maximum atomic E-state index is 12.0. The minimum atomic E-state index is -0.00408. The smallest absolute Gasteiger partial charge is 0.309 e. The summed E-state index contributed by atoms with van der Waals surface area (Å²) in [5.41, 5.74) is 5.28. The minimum absolute atomic E-state index is 0.00408. The highest BCUT2D eigenvalue weighted by Crippen LogP contribution is 2.41. The fraction of sp³-hybridized carbons (Fsp3) is 0.476. The number of aromatic nitrogens is 1. The van der Waals surface area contributed by atoms with Gasteiger partial charge < -0.3 is 9.72 Å². The van der Waals surface area contributed by atoms with Crippen molar-refractivity contribution in [3.63, 3.8) is 0 Å². The van der Waals surface area contributed by atoms with E-state index in [4.69, 9.17) is 4.74 Å². The fourth-order valence-electron chi connectivity index (χ4n) is 4.68. The second-order valence-electron chi connectivity index (χ2n) is 7.86. The Balaban J connectivity index is 1.43. The molecule has 1 fully saturated rings. The van der Waals surface area contributed by atoms with Crippen molar-refractivity contribution < 1.29 is 9.53 Å². The van der Waals surface area contributed by atoms with E-state index in [9.17, 15) is 4.79 Å². The van der Waals surface area contributed by atoms with Gasteiger partial charge in [0.2, 0.25) is 0 Å². The van der Waals surface area contributed by atoms with Crippen LogP contribution in [0.1, 0.15) is 36.3 Å². The Morgan fingerprint density at radius 3 is 3.04 bits per heavy atom. The zero-order chi connectivity index (χ0) is 17.0. The van der Waals surface area contributed by atoms with Crippen LogP contribution >= 0.6 is 0 Å². The average Bonchev–Trinajstić information content (AvgIpc) is 2.97. The van der Waals surface area contributed by atoms with Gasteiger partial charge in [-0.3, -0.25) is 9.69 Å². The van der Waals surface area contributed by atoms with Crippen LogP contribution in [0.4, 0.5) is 0 Å². The van der Waals surface area contributed by atoms with E-state index in [0.29, 0.717) is 18.6 Å². The summed E-state index contributed by atoms with van der Waals surface area (Å²) in [4.78, 5) is 17.9. The number of carbonyl (C=O) groups excluding carboxylic acids is 1. The lowest BCUT2D eigenvalue weighted by atomic mass is 9.77. The molecule has 1 aromatic heterocycles. The zero-order valence-corrected chi connectivity index (χ0v) is 14.6. The van der Waals surface area contributed by atoms with E-state index < -0.39 is 0 Å². The van der Waals surface area contributed by atoms with E-state index in [1.165, 1.54) is 27.6 Å². The number of hydrogen-bond acceptors (Lipinski definition) is 3. The Morgan fingerprint density at radius 2 is 2.24 bits per heavy atom. The number of H-pyrrole nitrogens is 1. The van der Waals surface area contributed by atoms with Gasteiger partial charge in [0.05, 0.1) is 5.92 Å². The molecule has 4 nitrogen and oxygen atoms in total. The van der Waals surface area contributed by atoms with E-state index in [1.807, 2.05) is 0 Å². The van der Waals surface area contributed by atoms with Crippen LogP contribution in [0.25, 0.3) is 10.9 Å². The first-order valence-corrected chi connectivity index (χ1v) is 9.36. The predicted octanol–water partition coefficient (Wildman–Crippen LogP) is 3.39.